The summed E-state index contributed by atoms with van der Waals surface area (Å²) in [6.45, 7) is 4.41. The zero-order valence-electron chi connectivity index (χ0n) is 10.6. The average Bonchev–Trinajstić information content (AvgIpc) is 2.91. The first kappa shape index (κ1) is 12.8. The average molecular weight is 244 g/mol. The molecule has 1 heterocycles. The largest absolute Gasteiger partial charge is 0.329 e. The van der Waals surface area contributed by atoms with Crippen molar-refractivity contribution in [2.45, 2.75) is 13.1 Å². The maximum Gasteiger partial charge on any atom is 0.0536 e. The highest BCUT2D eigenvalue weighted by Gasteiger charge is 2.05. The Morgan fingerprint density at radius 3 is 2.61 bits per heavy atom. The zero-order valence-corrected chi connectivity index (χ0v) is 10.6. The Bertz CT molecular complexity index is 424. The number of aromatic nitrogens is 2. The van der Waals surface area contributed by atoms with E-state index in [1.807, 2.05) is 29.2 Å². The van der Waals surface area contributed by atoms with Crippen LogP contribution in [0.3, 0.4) is 0 Å². The second-order valence-electron chi connectivity index (χ2n) is 4.32. The van der Waals surface area contributed by atoms with E-state index in [4.69, 9.17) is 5.73 Å². The van der Waals surface area contributed by atoms with Gasteiger partial charge in [-0.3, -0.25) is 9.58 Å². The van der Waals surface area contributed by atoms with Crippen LogP contribution in [0.2, 0.25) is 0 Å². The normalized spacial score (nSPS) is 11.0. The minimum absolute atomic E-state index is 0.686. The van der Waals surface area contributed by atoms with Crippen molar-refractivity contribution in [3.05, 3.63) is 54.4 Å². The molecule has 2 N–H and O–H groups in total. The van der Waals surface area contributed by atoms with E-state index in [0.717, 1.165) is 26.2 Å². The number of nitrogens with two attached hydrogens (primary N) is 1. The van der Waals surface area contributed by atoms with Crippen molar-refractivity contribution in [1.29, 1.82) is 0 Å². The van der Waals surface area contributed by atoms with Crippen LogP contribution in [0, 0.1) is 0 Å². The van der Waals surface area contributed by atoms with Crippen molar-refractivity contribution in [3.63, 3.8) is 0 Å². The molecule has 0 unspecified atom stereocenters. The van der Waals surface area contributed by atoms with E-state index in [-0.39, 0.29) is 0 Å². The molecule has 0 aliphatic carbocycles. The topological polar surface area (TPSA) is 47.1 Å². The predicted molar refractivity (Wildman–Crippen MR) is 73.0 cm³/mol. The Balaban J connectivity index is 1.87. The van der Waals surface area contributed by atoms with Gasteiger partial charge in [-0.05, 0) is 11.6 Å². The SMILES string of the molecule is NCCN(CCn1cccn1)Cc1ccccc1. The van der Waals surface area contributed by atoms with Crippen LogP contribution in [0.25, 0.3) is 0 Å². The second-order valence-corrected chi connectivity index (χ2v) is 4.32. The molecular formula is C14H20N4. The Morgan fingerprint density at radius 1 is 1.11 bits per heavy atom. The maximum absolute atomic E-state index is 5.67. The van der Waals surface area contributed by atoms with E-state index in [0.29, 0.717) is 6.54 Å². The highest BCUT2D eigenvalue weighted by molar-refractivity contribution is 5.14. The summed E-state index contributed by atoms with van der Waals surface area (Å²) in [5, 5.41) is 4.21. The summed E-state index contributed by atoms with van der Waals surface area (Å²) < 4.78 is 1.95. The summed E-state index contributed by atoms with van der Waals surface area (Å²) in [7, 11) is 0. The highest BCUT2D eigenvalue weighted by atomic mass is 15.3. The van der Waals surface area contributed by atoms with Gasteiger partial charge < -0.3 is 5.73 Å². The summed E-state index contributed by atoms with van der Waals surface area (Å²) in [4.78, 5) is 2.36. The standard InChI is InChI=1S/C14H20N4/c15-7-10-17(11-12-18-9-4-8-16-18)13-14-5-2-1-3-6-14/h1-6,8-9H,7,10-13,15H2. The molecule has 2 aromatic rings. The summed E-state index contributed by atoms with van der Waals surface area (Å²) in [5.74, 6) is 0. The van der Waals surface area contributed by atoms with Gasteiger partial charge in [0, 0.05) is 38.6 Å². The van der Waals surface area contributed by atoms with Gasteiger partial charge in [0.15, 0.2) is 0 Å². The number of hydrogen-bond acceptors (Lipinski definition) is 3. The van der Waals surface area contributed by atoms with Gasteiger partial charge in [-0.1, -0.05) is 30.3 Å². The molecule has 2 rings (SSSR count). The van der Waals surface area contributed by atoms with Crippen LogP contribution in [0.4, 0.5) is 0 Å². The van der Waals surface area contributed by atoms with Gasteiger partial charge in [0.2, 0.25) is 0 Å². The van der Waals surface area contributed by atoms with Crippen molar-refractivity contribution in [2.24, 2.45) is 5.73 Å². The first-order chi connectivity index (χ1) is 8.88. The maximum atomic E-state index is 5.67. The smallest absolute Gasteiger partial charge is 0.0536 e. The van der Waals surface area contributed by atoms with Crippen molar-refractivity contribution in [3.8, 4) is 0 Å². The Morgan fingerprint density at radius 2 is 1.94 bits per heavy atom. The van der Waals surface area contributed by atoms with Crippen molar-refractivity contribution < 1.29 is 0 Å². The molecule has 0 radical (unpaired) electrons. The van der Waals surface area contributed by atoms with Crippen LogP contribution in [-0.2, 0) is 13.1 Å². The molecule has 0 atom stereocenters. The van der Waals surface area contributed by atoms with Crippen LogP contribution in [0.5, 0.6) is 0 Å². The number of rotatable bonds is 7. The molecule has 0 saturated heterocycles. The van der Waals surface area contributed by atoms with Crippen molar-refractivity contribution in [1.82, 2.24) is 14.7 Å². The van der Waals surface area contributed by atoms with Gasteiger partial charge in [0.25, 0.3) is 0 Å². The van der Waals surface area contributed by atoms with E-state index in [9.17, 15) is 0 Å². The van der Waals surface area contributed by atoms with Gasteiger partial charge >= 0.3 is 0 Å². The van der Waals surface area contributed by atoms with Crippen LogP contribution in [-0.4, -0.2) is 34.3 Å². The van der Waals surface area contributed by atoms with Crippen LogP contribution in [0.1, 0.15) is 5.56 Å². The van der Waals surface area contributed by atoms with Gasteiger partial charge in [-0.15, -0.1) is 0 Å². The van der Waals surface area contributed by atoms with Crippen LogP contribution >= 0.6 is 0 Å². The fourth-order valence-electron chi connectivity index (χ4n) is 1.97. The lowest BCUT2D eigenvalue weighted by Gasteiger charge is -2.21. The minimum atomic E-state index is 0.686. The minimum Gasteiger partial charge on any atom is -0.329 e. The molecule has 0 bridgehead atoms. The number of nitrogens with zero attached hydrogens (tertiary/aromatic N) is 3. The van der Waals surface area contributed by atoms with Crippen LogP contribution < -0.4 is 5.73 Å². The summed E-state index contributed by atoms with van der Waals surface area (Å²) in [5.41, 5.74) is 6.99. The Hall–Kier alpha value is -1.65. The lowest BCUT2D eigenvalue weighted by atomic mass is 10.2. The second kappa shape index (κ2) is 6.93. The molecule has 1 aromatic heterocycles. The quantitative estimate of drug-likeness (QED) is 0.799. The van der Waals surface area contributed by atoms with E-state index < -0.39 is 0 Å². The zero-order chi connectivity index (χ0) is 12.6. The van der Waals surface area contributed by atoms with Crippen molar-refractivity contribution >= 4 is 0 Å². The lowest BCUT2D eigenvalue weighted by Crippen LogP contribution is -2.32. The van der Waals surface area contributed by atoms with Crippen LogP contribution in [0.15, 0.2) is 48.8 Å². The third-order valence-corrected chi connectivity index (χ3v) is 2.90. The lowest BCUT2D eigenvalue weighted by molar-refractivity contribution is 0.257. The molecule has 0 saturated carbocycles. The predicted octanol–water partition coefficient (Wildman–Crippen LogP) is 1.34. The first-order valence-corrected chi connectivity index (χ1v) is 6.32. The Kier molecular flexibility index (Phi) is 4.93. The van der Waals surface area contributed by atoms with E-state index in [1.165, 1.54) is 5.56 Å². The molecule has 0 amide bonds. The summed E-state index contributed by atoms with van der Waals surface area (Å²) >= 11 is 0. The summed E-state index contributed by atoms with van der Waals surface area (Å²) in [6, 6.07) is 12.4. The molecule has 0 fully saturated rings. The molecule has 0 aliphatic rings. The molecule has 0 aliphatic heterocycles. The van der Waals surface area contributed by atoms with E-state index in [2.05, 4.69) is 34.3 Å². The molecular weight excluding hydrogens is 224 g/mol. The Labute approximate surface area is 108 Å². The molecule has 4 nitrogen and oxygen atoms in total. The van der Waals surface area contributed by atoms with Gasteiger partial charge in [-0.25, -0.2) is 0 Å². The fourth-order valence-corrected chi connectivity index (χ4v) is 1.97. The number of benzene rings is 1. The third kappa shape index (κ3) is 3.98. The molecule has 0 spiro atoms. The molecule has 96 valence electrons. The third-order valence-electron chi connectivity index (χ3n) is 2.90. The monoisotopic (exact) mass is 244 g/mol. The van der Waals surface area contributed by atoms with E-state index in [1.54, 1.807) is 0 Å². The molecule has 1 aromatic carbocycles. The molecule has 18 heavy (non-hydrogen) atoms. The summed E-state index contributed by atoms with van der Waals surface area (Å²) in [6.07, 6.45) is 3.80. The van der Waals surface area contributed by atoms with Gasteiger partial charge in [0.05, 0.1) is 6.54 Å². The highest BCUT2D eigenvalue weighted by Crippen LogP contribution is 2.04. The fraction of sp³-hybridized carbons (Fsp3) is 0.357. The number of hydrogen-bond donors (Lipinski definition) is 1. The van der Waals surface area contributed by atoms with E-state index >= 15 is 0 Å². The van der Waals surface area contributed by atoms with Crippen molar-refractivity contribution in [2.75, 3.05) is 19.6 Å². The first-order valence-electron chi connectivity index (χ1n) is 6.32. The molecule has 4 heteroatoms. The van der Waals surface area contributed by atoms with Gasteiger partial charge in [0.1, 0.15) is 0 Å². The van der Waals surface area contributed by atoms with Gasteiger partial charge in [-0.2, -0.15) is 5.10 Å².